The van der Waals surface area contributed by atoms with Gasteiger partial charge in [-0.3, -0.25) is 4.90 Å². The summed E-state index contributed by atoms with van der Waals surface area (Å²) in [6.45, 7) is 5.30. The number of hydrogen-bond acceptors (Lipinski definition) is 4. The van der Waals surface area contributed by atoms with Gasteiger partial charge in [0.15, 0.2) is 0 Å². The zero-order chi connectivity index (χ0) is 13.6. The Morgan fingerprint density at radius 3 is 2.89 bits per heavy atom. The summed E-state index contributed by atoms with van der Waals surface area (Å²) in [6.07, 6.45) is 7.39. The van der Waals surface area contributed by atoms with Gasteiger partial charge in [-0.15, -0.1) is 0 Å². The van der Waals surface area contributed by atoms with E-state index in [-0.39, 0.29) is 5.41 Å². The van der Waals surface area contributed by atoms with Gasteiger partial charge >= 0.3 is 0 Å². The summed E-state index contributed by atoms with van der Waals surface area (Å²) in [5.74, 6) is 0. The lowest BCUT2D eigenvalue weighted by molar-refractivity contribution is -0.0358. The number of rotatable bonds is 5. The van der Waals surface area contributed by atoms with E-state index in [9.17, 15) is 5.11 Å². The van der Waals surface area contributed by atoms with Gasteiger partial charge in [0, 0.05) is 31.2 Å². The summed E-state index contributed by atoms with van der Waals surface area (Å²) in [6, 6.07) is 0.359. The first-order chi connectivity index (χ1) is 9.29. The third kappa shape index (κ3) is 4.15. The van der Waals surface area contributed by atoms with Gasteiger partial charge < -0.3 is 15.2 Å². The number of likely N-dealkylation sites (tertiary alicyclic amines) is 1. The molecule has 4 nitrogen and oxygen atoms in total. The minimum atomic E-state index is 0.241. The van der Waals surface area contributed by atoms with Crippen LogP contribution in [0.15, 0.2) is 0 Å². The van der Waals surface area contributed by atoms with Crippen molar-refractivity contribution < 1.29 is 9.84 Å². The molecule has 0 spiro atoms. The van der Waals surface area contributed by atoms with Crippen molar-refractivity contribution in [1.29, 1.82) is 0 Å². The van der Waals surface area contributed by atoms with Crippen LogP contribution in [0.1, 0.15) is 38.5 Å². The molecule has 2 heterocycles. The lowest BCUT2D eigenvalue weighted by Crippen LogP contribution is -2.51. The summed E-state index contributed by atoms with van der Waals surface area (Å²) in [7, 11) is 2.03. The maximum Gasteiger partial charge on any atom is 0.0586 e. The average molecular weight is 270 g/mol. The Labute approximate surface area is 117 Å². The summed E-state index contributed by atoms with van der Waals surface area (Å²) in [4.78, 5) is 2.53. The van der Waals surface area contributed by atoms with Crippen molar-refractivity contribution >= 4 is 0 Å². The van der Waals surface area contributed by atoms with Crippen LogP contribution in [-0.4, -0.2) is 62.6 Å². The molecule has 2 rings (SSSR count). The minimum absolute atomic E-state index is 0.241. The van der Waals surface area contributed by atoms with Crippen molar-refractivity contribution in [1.82, 2.24) is 10.2 Å². The van der Waals surface area contributed by atoms with Gasteiger partial charge in [0.1, 0.15) is 0 Å². The number of nitrogens with one attached hydrogen (secondary N) is 1. The van der Waals surface area contributed by atoms with Gasteiger partial charge in [0.2, 0.25) is 0 Å². The van der Waals surface area contributed by atoms with Crippen LogP contribution in [0.5, 0.6) is 0 Å². The molecule has 4 heteroatoms. The van der Waals surface area contributed by atoms with Crippen molar-refractivity contribution in [3.8, 4) is 0 Å². The van der Waals surface area contributed by atoms with E-state index in [1.807, 2.05) is 7.05 Å². The number of ether oxygens (including phenoxy) is 1. The lowest BCUT2D eigenvalue weighted by atomic mass is 9.81. The Kier molecular flexibility index (Phi) is 6.07. The molecule has 0 amide bonds. The molecule has 0 aliphatic carbocycles. The number of aliphatic hydroxyl groups is 1. The Bertz CT molecular complexity index is 249. The van der Waals surface area contributed by atoms with Gasteiger partial charge in [-0.1, -0.05) is 12.8 Å². The molecule has 2 saturated heterocycles. The van der Waals surface area contributed by atoms with E-state index in [4.69, 9.17) is 4.74 Å². The second kappa shape index (κ2) is 7.58. The zero-order valence-electron chi connectivity index (χ0n) is 12.4. The van der Waals surface area contributed by atoms with E-state index in [0.29, 0.717) is 12.6 Å². The maximum atomic E-state index is 9.64. The molecule has 0 aromatic heterocycles. The summed E-state index contributed by atoms with van der Waals surface area (Å²) in [5.41, 5.74) is 0.241. The summed E-state index contributed by atoms with van der Waals surface area (Å²) in [5, 5.41) is 13.0. The van der Waals surface area contributed by atoms with Crippen molar-refractivity contribution in [3.05, 3.63) is 0 Å². The Morgan fingerprint density at radius 1 is 1.32 bits per heavy atom. The summed E-state index contributed by atoms with van der Waals surface area (Å²) >= 11 is 0. The first-order valence-electron chi connectivity index (χ1n) is 7.87. The highest BCUT2D eigenvalue weighted by atomic mass is 16.5. The Balaban J connectivity index is 2.01. The van der Waals surface area contributed by atoms with Crippen LogP contribution < -0.4 is 5.32 Å². The van der Waals surface area contributed by atoms with Crippen molar-refractivity contribution in [2.45, 2.75) is 44.6 Å². The molecule has 0 radical (unpaired) electrons. The zero-order valence-corrected chi connectivity index (χ0v) is 12.4. The fourth-order valence-electron chi connectivity index (χ4n) is 3.69. The lowest BCUT2D eigenvalue weighted by Gasteiger charge is -2.42. The molecule has 112 valence electrons. The number of nitrogens with zero attached hydrogens (tertiary/aromatic N) is 1. The number of aliphatic hydroxyl groups excluding tert-OH is 1. The molecule has 0 bridgehead atoms. The third-order valence-corrected chi connectivity index (χ3v) is 4.70. The van der Waals surface area contributed by atoms with Gasteiger partial charge in [0.05, 0.1) is 13.2 Å². The Hall–Kier alpha value is -0.160. The predicted molar refractivity (Wildman–Crippen MR) is 77.3 cm³/mol. The highest BCUT2D eigenvalue weighted by Gasteiger charge is 2.36. The van der Waals surface area contributed by atoms with Crippen LogP contribution in [0.3, 0.4) is 0 Å². The standard InChI is InChI=1S/C15H30N2O2/c1-16-11-15(7-5-9-19-13-15)12-17-8-4-2-3-6-14(17)10-18/h14,16,18H,2-13H2,1H3. The monoisotopic (exact) mass is 270 g/mol. The maximum absolute atomic E-state index is 9.64. The molecule has 2 aliphatic rings. The van der Waals surface area contributed by atoms with Crippen LogP contribution >= 0.6 is 0 Å². The van der Waals surface area contributed by atoms with Crippen LogP contribution in [0.25, 0.3) is 0 Å². The van der Waals surface area contributed by atoms with Gasteiger partial charge in [-0.05, 0) is 39.3 Å². The topological polar surface area (TPSA) is 44.7 Å². The van der Waals surface area contributed by atoms with Crippen molar-refractivity contribution in [2.24, 2.45) is 5.41 Å². The second-order valence-electron chi connectivity index (χ2n) is 6.34. The van der Waals surface area contributed by atoms with E-state index in [2.05, 4.69) is 10.2 Å². The fraction of sp³-hybridized carbons (Fsp3) is 1.00. The van der Waals surface area contributed by atoms with E-state index in [1.54, 1.807) is 0 Å². The molecular weight excluding hydrogens is 240 g/mol. The average Bonchev–Trinajstić information content (AvgIpc) is 2.65. The SMILES string of the molecule is CNCC1(CN2CCCCCC2CO)CCCOC1. The van der Waals surface area contributed by atoms with E-state index < -0.39 is 0 Å². The molecule has 19 heavy (non-hydrogen) atoms. The molecule has 0 aromatic rings. The molecule has 2 atom stereocenters. The predicted octanol–water partition coefficient (Wildman–Crippen LogP) is 1.24. The minimum Gasteiger partial charge on any atom is -0.395 e. The van der Waals surface area contributed by atoms with Crippen LogP contribution in [0.2, 0.25) is 0 Å². The molecular formula is C15H30N2O2. The van der Waals surface area contributed by atoms with Gasteiger partial charge in [-0.2, -0.15) is 0 Å². The highest BCUT2D eigenvalue weighted by Crippen LogP contribution is 2.31. The first kappa shape index (κ1) is 15.2. The molecule has 0 aromatic carbocycles. The Morgan fingerprint density at radius 2 is 2.21 bits per heavy atom. The van der Waals surface area contributed by atoms with E-state index in [0.717, 1.165) is 39.3 Å². The van der Waals surface area contributed by atoms with Gasteiger partial charge in [0.25, 0.3) is 0 Å². The third-order valence-electron chi connectivity index (χ3n) is 4.70. The van der Waals surface area contributed by atoms with Crippen molar-refractivity contribution in [2.75, 3.05) is 46.5 Å². The quantitative estimate of drug-likeness (QED) is 0.789. The summed E-state index contributed by atoms with van der Waals surface area (Å²) < 4.78 is 5.75. The van der Waals surface area contributed by atoms with Crippen LogP contribution in [0.4, 0.5) is 0 Å². The van der Waals surface area contributed by atoms with Crippen LogP contribution in [0, 0.1) is 5.41 Å². The normalized spacial score (nSPS) is 34.1. The molecule has 2 unspecified atom stereocenters. The molecule has 0 saturated carbocycles. The smallest absolute Gasteiger partial charge is 0.0586 e. The molecule has 2 fully saturated rings. The second-order valence-corrected chi connectivity index (χ2v) is 6.34. The molecule has 2 N–H and O–H groups in total. The first-order valence-corrected chi connectivity index (χ1v) is 7.87. The van der Waals surface area contributed by atoms with E-state index >= 15 is 0 Å². The van der Waals surface area contributed by atoms with E-state index in [1.165, 1.54) is 32.1 Å². The van der Waals surface area contributed by atoms with Crippen LogP contribution in [-0.2, 0) is 4.74 Å². The fourth-order valence-corrected chi connectivity index (χ4v) is 3.69. The van der Waals surface area contributed by atoms with Crippen molar-refractivity contribution in [3.63, 3.8) is 0 Å². The molecule has 2 aliphatic heterocycles. The van der Waals surface area contributed by atoms with Gasteiger partial charge in [-0.25, -0.2) is 0 Å². The number of hydrogen-bond donors (Lipinski definition) is 2. The largest absolute Gasteiger partial charge is 0.395 e. The highest BCUT2D eigenvalue weighted by molar-refractivity contribution is 4.89.